The Labute approximate surface area is 174 Å². The number of esters is 1. The number of rotatable bonds is 6. The SMILES string of the molecule is NC(=O)C1(OC(=O)CCCC(=O)N2CCCC3CCCCC32)CCCCCCC1. The normalized spacial score (nSPS) is 27.2. The quantitative estimate of drug-likeness (QED) is 0.679. The minimum Gasteiger partial charge on any atom is -0.449 e. The van der Waals surface area contributed by atoms with E-state index in [-0.39, 0.29) is 12.3 Å². The molecule has 164 valence electrons. The molecule has 29 heavy (non-hydrogen) atoms. The van der Waals surface area contributed by atoms with Crippen LogP contribution >= 0.6 is 0 Å². The molecule has 0 aromatic rings. The van der Waals surface area contributed by atoms with Crippen LogP contribution in [0.25, 0.3) is 0 Å². The lowest BCUT2D eigenvalue weighted by Gasteiger charge is -2.44. The predicted octanol–water partition coefficient (Wildman–Crippen LogP) is 3.85. The van der Waals surface area contributed by atoms with Crippen molar-refractivity contribution in [3.05, 3.63) is 0 Å². The highest BCUT2D eigenvalue weighted by Crippen LogP contribution is 2.35. The first-order chi connectivity index (χ1) is 14.0. The fourth-order valence-electron chi connectivity index (χ4n) is 5.61. The first-order valence-corrected chi connectivity index (χ1v) is 11.8. The third-order valence-electron chi connectivity index (χ3n) is 7.25. The fraction of sp³-hybridized carbons (Fsp3) is 0.870. The highest BCUT2D eigenvalue weighted by Gasteiger charge is 2.40. The van der Waals surface area contributed by atoms with Crippen LogP contribution in [0.2, 0.25) is 0 Å². The number of ether oxygens (including phenoxy) is 1. The molecule has 0 aromatic carbocycles. The predicted molar refractivity (Wildman–Crippen MR) is 111 cm³/mol. The van der Waals surface area contributed by atoms with Crippen LogP contribution < -0.4 is 5.73 Å². The number of piperidine rings is 1. The Hall–Kier alpha value is -1.59. The van der Waals surface area contributed by atoms with E-state index in [9.17, 15) is 14.4 Å². The molecular formula is C23H38N2O4. The van der Waals surface area contributed by atoms with Crippen molar-refractivity contribution in [2.75, 3.05) is 6.54 Å². The van der Waals surface area contributed by atoms with Crippen LogP contribution in [0.15, 0.2) is 0 Å². The lowest BCUT2D eigenvalue weighted by Crippen LogP contribution is -2.49. The van der Waals surface area contributed by atoms with Gasteiger partial charge >= 0.3 is 5.97 Å². The number of fused-ring (bicyclic) bond motifs is 1. The smallest absolute Gasteiger partial charge is 0.306 e. The maximum absolute atomic E-state index is 12.8. The molecule has 3 rings (SSSR count). The summed E-state index contributed by atoms with van der Waals surface area (Å²) < 4.78 is 5.65. The zero-order valence-corrected chi connectivity index (χ0v) is 17.8. The highest BCUT2D eigenvalue weighted by molar-refractivity contribution is 5.86. The van der Waals surface area contributed by atoms with E-state index in [0.29, 0.717) is 37.6 Å². The number of amides is 2. The van der Waals surface area contributed by atoms with Gasteiger partial charge in [-0.3, -0.25) is 14.4 Å². The molecular weight excluding hydrogens is 368 g/mol. The van der Waals surface area contributed by atoms with Gasteiger partial charge in [-0.15, -0.1) is 0 Å². The molecule has 3 fully saturated rings. The zero-order chi connectivity index (χ0) is 20.7. The van der Waals surface area contributed by atoms with Gasteiger partial charge in [0.15, 0.2) is 5.60 Å². The molecule has 2 amide bonds. The highest BCUT2D eigenvalue weighted by atomic mass is 16.6. The Morgan fingerprint density at radius 1 is 0.862 bits per heavy atom. The summed E-state index contributed by atoms with van der Waals surface area (Å²) in [6.45, 7) is 0.856. The van der Waals surface area contributed by atoms with Gasteiger partial charge in [-0.05, 0) is 63.7 Å². The molecule has 6 heteroatoms. The van der Waals surface area contributed by atoms with Crippen molar-refractivity contribution < 1.29 is 19.1 Å². The topological polar surface area (TPSA) is 89.7 Å². The van der Waals surface area contributed by atoms with E-state index >= 15 is 0 Å². The lowest BCUT2D eigenvalue weighted by molar-refractivity contribution is -0.170. The Morgan fingerprint density at radius 2 is 1.52 bits per heavy atom. The summed E-state index contributed by atoms with van der Waals surface area (Å²) in [5.74, 6) is -0.0852. The molecule has 0 spiro atoms. The summed E-state index contributed by atoms with van der Waals surface area (Å²) in [6.07, 6.45) is 14.2. The summed E-state index contributed by atoms with van der Waals surface area (Å²) in [7, 11) is 0. The van der Waals surface area contributed by atoms with Gasteiger partial charge in [0.05, 0.1) is 0 Å². The largest absolute Gasteiger partial charge is 0.449 e. The first-order valence-electron chi connectivity index (χ1n) is 11.8. The Morgan fingerprint density at radius 3 is 2.24 bits per heavy atom. The Kier molecular flexibility index (Phi) is 7.96. The fourth-order valence-corrected chi connectivity index (χ4v) is 5.61. The third kappa shape index (κ3) is 5.73. The molecule has 1 saturated heterocycles. The number of nitrogens with zero attached hydrogens (tertiary/aromatic N) is 1. The van der Waals surface area contributed by atoms with Crippen molar-refractivity contribution >= 4 is 17.8 Å². The molecule has 2 unspecified atom stereocenters. The second kappa shape index (κ2) is 10.4. The summed E-state index contributed by atoms with van der Waals surface area (Å²) in [5.41, 5.74) is 4.48. The van der Waals surface area contributed by atoms with Gasteiger partial charge in [-0.2, -0.15) is 0 Å². The average molecular weight is 407 g/mol. The Balaban J connectivity index is 1.47. The van der Waals surface area contributed by atoms with Gasteiger partial charge in [0.2, 0.25) is 5.91 Å². The molecule has 1 heterocycles. The van der Waals surface area contributed by atoms with Gasteiger partial charge in [-0.1, -0.05) is 32.1 Å². The minimum atomic E-state index is -1.15. The number of primary amides is 1. The van der Waals surface area contributed by atoms with E-state index in [0.717, 1.165) is 51.5 Å². The van der Waals surface area contributed by atoms with E-state index < -0.39 is 17.5 Å². The van der Waals surface area contributed by atoms with Crippen LogP contribution in [0.1, 0.15) is 103 Å². The van der Waals surface area contributed by atoms with Crippen LogP contribution in [0.4, 0.5) is 0 Å². The second-order valence-electron chi connectivity index (χ2n) is 9.30. The van der Waals surface area contributed by atoms with Gasteiger partial charge < -0.3 is 15.4 Å². The summed E-state index contributed by atoms with van der Waals surface area (Å²) in [4.78, 5) is 39.4. The van der Waals surface area contributed by atoms with E-state index in [1.165, 1.54) is 25.7 Å². The summed E-state index contributed by atoms with van der Waals surface area (Å²) >= 11 is 0. The number of likely N-dealkylation sites (tertiary alicyclic amines) is 1. The number of carbonyl (C=O) groups excluding carboxylic acids is 3. The molecule has 2 N–H and O–H groups in total. The number of nitrogens with two attached hydrogens (primary N) is 1. The standard InChI is InChI=1S/C23H38N2O4/c24-22(28)23(15-6-2-1-3-7-16-23)29-21(27)14-8-13-20(26)25-17-9-11-18-10-4-5-12-19(18)25/h18-19H,1-17H2,(H2,24,28). The molecule has 0 radical (unpaired) electrons. The number of hydrogen-bond acceptors (Lipinski definition) is 4. The van der Waals surface area contributed by atoms with Gasteiger partial charge in [0.25, 0.3) is 5.91 Å². The van der Waals surface area contributed by atoms with Crippen molar-refractivity contribution in [1.82, 2.24) is 4.90 Å². The Bertz CT molecular complexity index is 581. The number of hydrogen-bond donors (Lipinski definition) is 1. The minimum absolute atomic E-state index is 0.169. The van der Waals surface area contributed by atoms with E-state index in [2.05, 4.69) is 4.90 Å². The van der Waals surface area contributed by atoms with Crippen molar-refractivity contribution in [3.8, 4) is 0 Å². The summed E-state index contributed by atoms with van der Waals surface area (Å²) in [5, 5.41) is 0. The molecule has 0 bridgehead atoms. The van der Waals surface area contributed by atoms with E-state index in [1.54, 1.807) is 0 Å². The molecule has 2 aliphatic carbocycles. The summed E-state index contributed by atoms with van der Waals surface area (Å²) in [6, 6.07) is 0.407. The van der Waals surface area contributed by atoms with Crippen LogP contribution in [-0.2, 0) is 19.1 Å². The van der Waals surface area contributed by atoms with Crippen LogP contribution in [0, 0.1) is 5.92 Å². The van der Waals surface area contributed by atoms with Gasteiger partial charge in [0, 0.05) is 25.4 Å². The van der Waals surface area contributed by atoms with E-state index in [4.69, 9.17) is 10.5 Å². The van der Waals surface area contributed by atoms with Crippen molar-refractivity contribution in [2.45, 2.75) is 114 Å². The maximum Gasteiger partial charge on any atom is 0.306 e. The van der Waals surface area contributed by atoms with Crippen LogP contribution in [0.3, 0.4) is 0 Å². The van der Waals surface area contributed by atoms with Crippen molar-refractivity contribution in [1.29, 1.82) is 0 Å². The van der Waals surface area contributed by atoms with Crippen LogP contribution in [0.5, 0.6) is 0 Å². The first kappa shape index (κ1) is 22.1. The zero-order valence-electron chi connectivity index (χ0n) is 17.8. The molecule has 1 aliphatic heterocycles. The molecule has 2 saturated carbocycles. The lowest BCUT2D eigenvalue weighted by atomic mass is 9.78. The monoisotopic (exact) mass is 406 g/mol. The number of carbonyl (C=O) groups is 3. The molecule has 0 aromatic heterocycles. The molecule has 6 nitrogen and oxygen atoms in total. The van der Waals surface area contributed by atoms with Crippen molar-refractivity contribution in [3.63, 3.8) is 0 Å². The van der Waals surface area contributed by atoms with E-state index in [1.807, 2.05) is 0 Å². The van der Waals surface area contributed by atoms with Gasteiger partial charge in [-0.25, -0.2) is 0 Å². The molecule has 2 atom stereocenters. The molecule has 3 aliphatic rings. The second-order valence-corrected chi connectivity index (χ2v) is 9.30. The average Bonchev–Trinajstić information content (AvgIpc) is 2.69. The van der Waals surface area contributed by atoms with Gasteiger partial charge in [0.1, 0.15) is 0 Å². The van der Waals surface area contributed by atoms with Crippen LogP contribution in [-0.4, -0.2) is 40.9 Å². The van der Waals surface area contributed by atoms with Crippen molar-refractivity contribution in [2.24, 2.45) is 11.7 Å². The maximum atomic E-state index is 12.8. The third-order valence-corrected chi connectivity index (χ3v) is 7.25.